The summed E-state index contributed by atoms with van der Waals surface area (Å²) >= 11 is 3.37. The normalized spacial score (nSPS) is 10.8. The number of carbonyl (C=O) groups is 1. The molecule has 0 saturated heterocycles. The maximum atomic E-state index is 10.7. The van der Waals surface area contributed by atoms with Gasteiger partial charge in [-0.2, -0.15) is 0 Å². The number of aryl methyl sites for hydroxylation is 1. The molecule has 0 fully saturated rings. The van der Waals surface area contributed by atoms with Crippen LogP contribution in [-0.4, -0.2) is 11.1 Å². The van der Waals surface area contributed by atoms with Gasteiger partial charge < -0.3 is 9.84 Å². The largest absolute Gasteiger partial charge is 0.478 e. The van der Waals surface area contributed by atoms with Crippen LogP contribution in [0.5, 0.6) is 11.5 Å². The van der Waals surface area contributed by atoms with E-state index in [1.54, 1.807) is 6.07 Å². The molecule has 0 radical (unpaired) electrons. The molecule has 1 N–H and O–H groups in total. The van der Waals surface area contributed by atoms with Crippen molar-refractivity contribution in [2.24, 2.45) is 0 Å². The van der Waals surface area contributed by atoms with Gasteiger partial charge in [0.1, 0.15) is 11.5 Å². The maximum absolute atomic E-state index is 10.7. The fourth-order valence-electron chi connectivity index (χ4n) is 1.82. The Morgan fingerprint density at radius 2 is 1.95 bits per heavy atom. The third-order valence-electron chi connectivity index (χ3n) is 2.94. The van der Waals surface area contributed by atoms with Gasteiger partial charge in [0, 0.05) is 16.1 Å². The molecular formula is C17H15BrO3. The van der Waals surface area contributed by atoms with E-state index in [1.807, 2.05) is 36.4 Å². The third kappa shape index (κ3) is 4.46. The van der Waals surface area contributed by atoms with Gasteiger partial charge in [-0.15, -0.1) is 0 Å². The van der Waals surface area contributed by atoms with E-state index in [0.29, 0.717) is 11.3 Å². The molecule has 2 aromatic carbocycles. The molecule has 0 amide bonds. The first-order valence-electron chi connectivity index (χ1n) is 6.56. The van der Waals surface area contributed by atoms with E-state index in [2.05, 4.69) is 22.9 Å². The first-order valence-corrected chi connectivity index (χ1v) is 7.35. The van der Waals surface area contributed by atoms with Crippen molar-refractivity contribution in [2.45, 2.75) is 13.3 Å². The van der Waals surface area contributed by atoms with Gasteiger partial charge in [0.25, 0.3) is 0 Å². The molecular weight excluding hydrogens is 332 g/mol. The topological polar surface area (TPSA) is 46.5 Å². The summed E-state index contributed by atoms with van der Waals surface area (Å²) in [6.45, 7) is 2.10. The van der Waals surface area contributed by atoms with E-state index < -0.39 is 5.97 Å². The lowest BCUT2D eigenvalue weighted by molar-refractivity contribution is -0.131. The summed E-state index contributed by atoms with van der Waals surface area (Å²) < 4.78 is 6.69. The van der Waals surface area contributed by atoms with Gasteiger partial charge in [0.2, 0.25) is 0 Å². The van der Waals surface area contributed by atoms with Crippen LogP contribution in [0.25, 0.3) is 6.08 Å². The minimum atomic E-state index is -0.992. The van der Waals surface area contributed by atoms with E-state index in [9.17, 15) is 4.79 Å². The van der Waals surface area contributed by atoms with Crippen molar-refractivity contribution in [3.63, 3.8) is 0 Å². The molecule has 2 rings (SSSR count). The van der Waals surface area contributed by atoms with Crippen molar-refractivity contribution in [2.75, 3.05) is 0 Å². The second-order valence-corrected chi connectivity index (χ2v) is 5.37. The van der Waals surface area contributed by atoms with Crippen molar-refractivity contribution >= 4 is 28.0 Å². The highest BCUT2D eigenvalue weighted by Gasteiger charge is 2.04. The quantitative estimate of drug-likeness (QED) is 0.783. The number of halogens is 1. The molecule has 0 aliphatic carbocycles. The Morgan fingerprint density at radius 1 is 1.24 bits per heavy atom. The fraction of sp³-hybridized carbons (Fsp3) is 0.118. The molecule has 0 saturated carbocycles. The zero-order valence-corrected chi connectivity index (χ0v) is 13.1. The van der Waals surface area contributed by atoms with E-state index >= 15 is 0 Å². The standard InChI is InChI=1S/C17H15BrO3/c1-2-12-3-7-15(8-4-12)21-16-9-6-14(18)11-13(16)5-10-17(19)20/h3-11H,2H2,1H3,(H,19,20)/b10-5+. The van der Waals surface area contributed by atoms with E-state index in [1.165, 1.54) is 11.6 Å². The average Bonchev–Trinajstić information content (AvgIpc) is 2.48. The number of ether oxygens (including phenoxy) is 1. The monoisotopic (exact) mass is 346 g/mol. The minimum absolute atomic E-state index is 0.611. The molecule has 0 aromatic heterocycles. The number of benzene rings is 2. The Bertz CT molecular complexity index is 660. The van der Waals surface area contributed by atoms with Crippen molar-refractivity contribution in [3.05, 3.63) is 64.1 Å². The number of carboxylic acid groups (broad SMARTS) is 1. The van der Waals surface area contributed by atoms with E-state index in [0.717, 1.165) is 22.7 Å². The number of carboxylic acids is 1. The van der Waals surface area contributed by atoms with Crippen LogP contribution >= 0.6 is 15.9 Å². The molecule has 0 bridgehead atoms. The minimum Gasteiger partial charge on any atom is -0.478 e. The Kier molecular flexibility index (Phi) is 5.17. The number of rotatable bonds is 5. The predicted molar refractivity (Wildman–Crippen MR) is 86.7 cm³/mol. The summed E-state index contributed by atoms with van der Waals surface area (Å²) in [5.74, 6) is 0.340. The molecule has 21 heavy (non-hydrogen) atoms. The van der Waals surface area contributed by atoms with Crippen LogP contribution in [-0.2, 0) is 11.2 Å². The van der Waals surface area contributed by atoms with Crippen LogP contribution in [0.15, 0.2) is 53.0 Å². The summed E-state index contributed by atoms with van der Waals surface area (Å²) in [5, 5.41) is 8.74. The Balaban J connectivity index is 2.27. The summed E-state index contributed by atoms with van der Waals surface area (Å²) in [5.41, 5.74) is 1.94. The van der Waals surface area contributed by atoms with Crippen molar-refractivity contribution in [3.8, 4) is 11.5 Å². The Morgan fingerprint density at radius 3 is 2.57 bits per heavy atom. The lowest BCUT2D eigenvalue weighted by Crippen LogP contribution is -1.90. The predicted octanol–water partition coefficient (Wildman–Crippen LogP) is 4.90. The van der Waals surface area contributed by atoms with Crippen LogP contribution in [0.4, 0.5) is 0 Å². The van der Waals surface area contributed by atoms with Gasteiger partial charge in [-0.05, 0) is 48.4 Å². The summed E-state index contributed by atoms with van der Waals surface area (Å²) in [4.78, 5) is 10.7. The molecule has 108 valence electrons. The number of hydrogen-bond donors (Lipinski definition) is 1. The highest BCUT2D eigenvalue weighted by molar-refractivity contribution is 9.10. The lowest BCUT2D eigenvalue weighted by Gasteiger charge is -2.10. The maximum Gasteiger partial charge on any atom is 0.328 e. The molecule has 4 heteroatoms. The molecule has 0 heterocycles. The number of hydrogen-bond acceptors (Lipinski definition) is 2. The SMILES string of the molecule is CCc1ccc(Oc2ccc(Br)cc2/C=C/C(=O)O)cc1. The van der Waals surface area contributed by atoms with Crippen molar-refractivity contribution in [1.82, 2.24) is 0 Å². The second-order valence-electron chi connectivity index (χ2n) is 4.45. The number of aliphatic carboxylic acids is 1. The molecule has 3 nitrogen and oxygen atoms in total. The highest BCUT2D eigenvalue weighted by atomic mass is 79.9. The zero-order valence-electron chi connectivity index (χ0n) is 11.5. The van der Waals surface area contributed by atoms with Gasteiger partial charge in [0.05, 0.1) is 0 Å². The van der Waals surface area contributed by atoms with Crippen molar-refractivity contribution in [1.29, 1.82) is 0 Å². The first-order chi connectivity index (χ1) is 10.1. The smallest absolute Gasteiger partial charge is 0.328 e. The summed E-state index contributed by atoms with van der Waals surface area (Å²) in [6, 6.07) is 13.3. The second kappa shape index (κ2) is 7.09. The van der Waals surface area contributed by atoms with E-state index in [4.69, 9.17) is 9.84 Å². The molecule has 0 aliphatic rings. The molecule has 0 unspecified atom stereocenters. The van der Waals surface area contributed by atoms with Gasteiger partial charge >= 0.3 is 5.97 Å². The van der Waals surface area contributed by atoms with Crippen LogP contribution in [0, 0.1) is 0 Å². The Hall–Kier alpha value is -2.07. The third-order valence-corrected chi connectivity index (χ3v) is 3.43. The highest BCUT2D eigenvalue weighted by Crippen LogP contribution is 2.29. The average molecular weight is 347 g/mol. The lowest BCUT2D eigenvalue weighted by atomic mass is 10.1. The van der Waals surface area contributed by atoms with Gasteiger partial charge in [-0.3, -0.25) is 0 Å². The van der Waals surface area contributed by atoms with Crippen molar-refractivity contribution < 1.29 is 14.6 Å². The summed E-state index contributed by atoms with van der Waals surface area (Å²) in [7, 11) is 0. The molecule has 0 atom stereocenters. The fourth-order valence-corrected chi connectivity index (χ4v) is 2.20. The zero-order chi connectivity index (χ0) is 15.2. The molecule has 2 aromatic rings. The van der Waals surface area contributed by atoms with Crippen LogP contribution in [0.3, 0.4) is 0 Å². The van der Waals surface area contributed by atoms with Crippen LogP contribution in [0.1, 0.15) is 18.1 Å². The molecule has 0 spiro atoms. The van der Waals surface area contributed by atoms with Gasteiger partial charge in [-0.25, -0.2) is 4.79 Å². The van der Waals surface area contributed by atoms with Crippen LogP contribution < -0.4 is 4.74 Å². The van der Waals surface area contributed by atoms with E-state index in [-0.39, 0.29) is 0 Å². The molecule has 0 aliphatic heterocycles. The first kappa shape index (κ1) is 15.3. The van der Waals surface area contributed by atoms with Crippen LogP contribution in [0.2, 0.25) is 0 Å². The summed E-state index contributed by atoms with van der Waals surface area (Å²) in [6.07, 6.45) is 3.59. The van der Waals surface area contributed by atoms with Gasteiger partial charge in [-0.1, -0.05) is 35.0 Å². The Labute approximate surface area is 132 Å². The van der Waals surface area contributed by atoms with Gasteiger partial charge in [0.15, 0.2) is 0 Å².